The lowest BCUT2D eigenvalue weighted by molar-refractivity contribution is -0.114. The van der Waals surface area contributed by atoms with Crippen LogP contribution in [0.15, 0.2) is 34.5 Å². The smallest absolute Gasteiger partial charge is 0.277 e. The molecule has 5 nitrogen and oxygen atoms in total. The molecule has 1 N–H and O–H groups in total. The van der Waals surface area contributed by atoms with Gasteiger partial charge in [-0.05, 0) is 18.6 Å². The molecule has 0 bridgehead atoms. The maximum absolute atomic E-state index is 12.9. The van der Waals surface area contributed by atoms with Crippen molar-refractivity contribution in [1.29, 1.82) is 0 Å². The average molecular weight is 347 g/mol. The maximum Gasteiger partial charge on any atom is 0.277 e. The van der Waals surface area contributed by atoms with Crippen LogP contribution in [0.4, 0.5) is 10.8 Å². The molecule has 3 rings (SSSR count). The van der Waals surface area contributed by atoms with Crippen molar-refractivity contribution >= 4 is 45.7 Å². The SMILES string of the molecule is CC(=O)Nc1nc(C(=O)N2CCC(C)Sc3ccccc32)cs1. The second kappa shape index (κ2) is 6.72. The summed E-state index contributed by atoms with van der Waals surface area (Å²) >= 11 is 3.06. The Balaban J connectivity index is 1.89. The number of para-hydroxylation sites is 1. The van der Waals surface area contributed by atoms with Crippen LogP contribution in [0.5, 0.6) is 0 Å². The Morgan fingerprint density at radius 2 is 2.13 bits per heavy atom. The molecule has 1 aromatic heterocycles. The third kappa shape index (κ3) is 3.56. The van der Waals surface area contributed by atoms with Gasteiger partial charge in [0, 0.05) is 29.0 Å². The molecule has 2 aromatic rings. The predicted octanol–water partition coefficient (Wildman–Crippen LogP) is 3.63. The topological polar surface area (TPSA) is 62.3 Å². The van der Waals surface area contributed by atoms with Crippen molar-refractivity contribution in [2.45, 2.75) is 30.4 Å². The van der Waals surface area contributed by atoms with E-state index in [-0.39, 0.29) is 11.8 Å². The van der Waals surface area contributed by atoms with Crippen molar-refractivity contribution in [3.63, 3.8) is 0 Å². The predicted molar refractivity (Wildman–Crippen MR) is 94.5 cm³/mol. The summed E-state index contributed by atoms with van der Waals surface area (Å²) in [7, 11) is 0. The Morgan fingerprint density at radius 3 is 2.91 bits per heavy atom. The van der Waals surface area contributed by atoms with Crippen LogP contribution >= 0.6 is 23.1 Å². The Labute approximate surface area is 143 Å². The minimum atomic E-state index is -0.191. The lowest BCUT2D eigenvalue weighted by Gasteiger charge is -2.21. The van der Waals surface area contributed by atoms with Gasteiger partial charge in [-0.25, -0.2) is 4.98 Å². The third-order valence-corrected chi connectivity index (χ3v) is 5.49. The van der Waals surface area contributed by atoms with Gasteiger partial charge < -0.3 is 10.2 Å². The molecule has 0 saturated heterocycles. The first-order valence-electron chi connectivity index (χ1n) is 7.35. The van der Waals surface area contributed by atoms with Crippen molar-refractivity contribution in [2.24, 2.45) is 0 Å². The zero-order valence-electron chi connectivity index (χ0n) is 12.9. The van der Waals surface area contributed by atoms with Gasteiger partial charge in [0.2, 0.25) is 5.91 Å². The summed E-state index contributed by atoms with van der Waals surface area (Å²) in [5.41, 5.74) is 1.30. The first kappa shape index (κ1) is 16.0. The number of benzene rings is 1. The Morgan fingerprint density at radius 1 is 1.35 bits per heavy atom. The molecule has 1 aromatic carbocycles. The van der Waals surface area contributed by atoms with E-state index in [0.29, 0.717) is 22.6 Å². The van der Waals surface area contributed by atoms with Crippen LogP contribution in [0.25, 0.3) is 0 Å². The molecule has 0 radical (unpaired) electrons. The highest BCUT2D eigenvalue weighted by molar-refractivity contribution is 8.00. The van der Waals surface area contributed by atoms with Crippen molar-refractivity contribution in [2.75, 3.05) is 16.8 Å². The van der Waals surface area contributed by atoms with Gasteiger partial charge in [0.25, 0.3) is 5.91 Å². The van der Waals surface area contributed by atoms with Crippen LogP contribution in [-0.2, 0) is 4.79 Å². The largest absolute Gasteiger partial charge is 0.306 e. The van der Waals surface area contributed by atoms with Crippen LogP contribution < -0.4 is 10.2 Å². The number of nitrogens with zero attached hydrogens (tertiary/aromatic N) is 2. The third-order valence-electron chi connectivity index (χ3n) is 3.49. The van der Waals surface area contributed by atoms with Crippen LogP contribution in [-0.4, -0.2) is 28.6 Å². The molecule has 1 aliphatic rings. The quantitative estimate of drug-likeness (QED) is 0.901. The minimum absolute atomic E-state index is 0.125. The summed E-state index contributed by atoms with van der Waals surface area (Å²) in [6.07, 6.45) is 0.924. The fraction of sp³-hybridized carbons (Fsp3) is 0.312. The van der Waals surface area contributed by atoms with Gasteiger partial charge in [0.1, 0.15) is 5.69 Å². The standard InChI is InChI=1S/C16H17N3O2S2/c1-10-7-8-19(13-5-3-4-6-14(13)23-10)15(21)12-9-22-16(18-12)17-11(2)20/h3-6,9-10H,7-8H2,1-2H3,(H,17,18,20). The molecule has 120 valence electrons. The van der Waals surface area contributed by atoms with Crippen LogP contribution in [0, 0.1) is 0 Å². The number of fused-ring (bicyclic) bond motifs is 1. The molecule has 2 heterocycles. The Kier molecular flexibility index (Phi) is 4.68. The maximum atomic E-state index is 12.9. The number of amides is 2. The summed E-state index contributed by atoms with van der Waals surface area (Å²) in [5.74, 6) is -0.316. The van der Waals surface area contributed by atoms with Crippen molar-refractivity contribution in [3.05, 3.63) is 35.3 Å². The number of carbonyl (C=O) groups excluding carboxylic acids is 2. The van der Waals surface area contributed by atoms with Gasteiger partial charge in [0.15, 0.2) is 5.13 Å². The number of thiazole rings is 1. The highest BCUT2D eigenvalue weighted by Crippen LogP contribution is 2.37. The van der Waals surface area contributed by atoms with Gasteiger partial charge >= 0.3 is 0 Å². The Bertz CT molecular complexity index is 744. The zero-order chi connectivity index (χ0) is 16.4. The fourth-order valence-corrected chi connectivity index (χ4v) is 4.26. The van der Waals surface area contributed by atoms with E-state index in [1.165, 1.54) is 18.3 Å². The molecule has 23 heavy (non-hydrogen) atoms. The lowest BCUT2D eigenvalue weighted by Crippen LogP contribution is -2.32. The molecule has 1 unspecified atom stereocenters. The van der Waals surface area contributed by atoms with Crippen LogP contribution in [0.3, 0.4) is 0 Å². The van der Waals surface area contributed by atoms with E-state index >= 15 is 0 Å². The molecule has 0 saturated carbocycles. The molecule has 0 spiro atoms. The van der Waals surface area contributed by atoms with Crippen molar-refractivity contribution < 1.29 is 9.59 Å². The summed E-state index contributed by atoms with van der Waals surface area (Å²) in [6, 6.07) is 7.95. The first-order valence-corrected chi connectivity index (χ1v) is 9.11. The molecule has 0 fully saturated rings. The number of aromatic nitrogens is 1. The number of carbonyl (C=O) groups is 2. The zero-order valence-corrected chi connectivity index (χ0v) is 14.5. The van der Waals surface area contributed by atoms with E-state index in [2.05, 4.69) is 17.2 Å². The van der Waals surface area contributed by atoms with Crippen LogP contribution in [0.2, 0.25) is 0 Å². The highest BCUT2D eigenvalue weighted by atomic mass is 32.2. The van der Waals surface area contributed by atoms with Gasteiger partial charge in [-0.3, -0.25) is 9.59 Å². The second-order valence-electron chi connectivity index (χ2n) is 5.36. The van der Waals surface area contributed by atoms with Gasteiger partial charge in [-0.1, -0.05) is 19.1 Å². The van der Waals surface area contributed by atoms with Crippen molar-refractivity contribution in [3.8, 4) is 0 Å². The van der Waals surface area contributed by atoms with E-state index in [1.807, 2.05) is 24.3 Å². The Hall–Kier alpha value is -1.86. The number of hydrogen-bond donors (Lipinski definition) is 1. The number of rotatable bonds is 2. The van der Waals surface area contributed by atoms with Crippen LogP contribution in [0.1, 0.15) is 30.8 Å². The van der Waals surface area contributed by atoms with Crippen molar-refractivity contribution in [1.82, 2.24) is 4.98 Å². The highest BCUT2D eigenvalue weighted by Gasteiger charge is 2.26. The molecular formula is C16H17N3O2S2. The van der Waals surface area contributed by atoms with E-state index < -0.39 is 0 Å². The molecule has 2 amide bonds. The second-order valence-corrected chi connectivity index (χ2v) is 7.70. The van der Waals surface area contributed by atoms with E-state index in [1.54, 1.807) is 22.0 Å². The van der Waals surface area contributed by atoms with Gasteiger partial charge in [-0.2, -0.15) is 0 Å². The van der Waals surface area contributed by atoms with Gasteiger partial charge in [-0.15, -0.1) is 23.1 Å². The number of nitrogens with one attached hydrogen (secondary N) is 1. The minimum Gasteiger partial charge on any atom is -0.306 e. The fourth-order valence-electron chi connectivity index (χ4n) is 2.42. The first-order chi connectivity index (χ1) is 11.0. The van der Waals surface area contributed by atoms with E-state index in [9.17, 15) is 9.59 Å². The summed E-state index contributed by atoms with van der Waals surface area (Å²) in [6.45, 7) is 4.26. The lowest BCUT2D eigenvalue weighted by atomic mass is 10.2. The summed E-state index contributed by atoms with van der Waals surface area (Å²) in [4.78, 5) is 31.1. The monoisotopic (exact) mass is 347 g/mol. The molecule has 7 heteroatoms. The normalized spacial score (nSPS) is 17.3. The number of anilines is 2. The van der Waals surface area contributed by atoms with E-state index in [4.69, 9.17) is 0 Å². The van der Waals surface area contributed by atoms with Gasteiger partial charge in [0.05, 0.1) is 5.69 Å². The summed E-state index contributed by atoms with van der Waals surface area (Å²) < 4.78 is 0. The molecule has 0 aliphatic carbocycles. The number of thioether (sulfide) groups is 1. The van der Waals surface area contributed by atoms with E-state index in [0.717, 1.165) is 17.0 Å². The molecule has 1 aliphatic heterocycles. The summed E-state index contributed by atoms with van der Waals surface area (Å²) in [5, 5.41) is 5.22. The molecular weight excluding hydrogens is 330 g/mol. The number of hydrogen-bond acceptors (Lipinski definition) is 5. The average Bonchev–Trinajstić information content (AvgIpc) is 2.89. The molecule has 1 atom stereocenters.